The third-order valence-electron chi connectivity index (χ3n) is 3.57. The highest BCUT2D eigenvalue weighted by molar-refractivity contribution is 5.91. The number of nitrogens with zero attached hydrogens (tertiary/aromatic N) is 2. The van der Waals surface area contributed by atoms with Crippen molar-refractivity contribution in [1.29, 1.82) is 0 Å². The van der Waals surface area contributed by atoms with Gasteiger partial charge in [-0.25, -0.2) is 0 Å². The van der Waals surface area contributed by atoms with Crippen molar-refractivity contribution in [2.24, 2.45) is 7.05 Å². The molecule has 0 fully saturated rings. The Bertz CT molecular complexity index is 724. The first-order valence-electron chi connectivity index (χ1n) is 7.38. The molecule has 0 saturated carbocycles. The van der Waals surface area contributed by atoms with Crippen LogP contribution in [0.4, 0.5) is 19.0 Å². The monoisotopic (exact) mass is 340 g/mol. The van der Waals surface area contributed by atoms with E-state index in [4.69, 9.17) is 0 Å². The Hall–Kier alpha value is -2.35. The van der Waals surface area contributed by atoms with Gasteiger partial charge in [0, 0.05) is 19.2 Å². The zero-order valence-electron chi connectivity index (χ0n) is 13.6. The average molecular weight is 340 g/mol. The van der Waals surface area contributed by atoms with Crippen molar-refractivity contribution in [1.82, 2.24) is 15.1 Å². The summed E-state index contributed by atoms with van der Waals surface area (Å²) in [4.78, 5) is 12.0. The summed E-state index contributed by atoms with van der Waals surface area (Å²) in [6.07, 6.45) is -4.43. The van der Waals surface area contributed by atoms with Crippen molar-refractivity contribution in [2.45, 2.75) is 26.1 Å². The van der Waals surface area contributed by atoms with E-state index in [0.717, 1.165) is 11.8 Å². The van der Waals surface area contributed by atoms with Gasteiger partial charge in [0.2, 0.25) is 5.91 Å². The molecule has 0 radical (unpaired) electrons. The number of alkyl halides is 3. The molecule has 5 nitrogen and oxygen atoms in total. The third-order valence-corrected chi connectivity index (χ3v) is 3.57. The average Bonchev–Trinajstić information content (AvgIpc) is 2.81. The van der Waals surface area contributed by atoms with E-state index in [1.807, 2.05) is 0 Å². The first-order chi connectivity index (χ1) is 11.2. The number of benzene rings is 1. The predicted octanol–water partition coefficient (Wildman–Crippen LogP) is 3.04. The molecule has 1 unspecified atom stereocenters. The predicted molar refractivity (Wildman–Crippen MR) is 84.4 cm³/mol. The van der Waals surface area contributed by atoms with E-state index in [-0.39, 0.29) is 18.0 Å². The summed E-state index contributed by atoms with van der Waals surface area (Å²) in [7, 11) is 1.69. The molecule has 24 heavy (non-hydrogen) atoms. The number of hydrogen-bond donors (Lipinski definition) is 2. The van der Waals surface area contributed by atoms with Crippen LogP contribution in [0.3, 0.4) is 0 Å². The van der Waals surface area contributed by atoms with E-state index in [1.54, 1.807) is 33.0 Å². The summed E-state index contributed by atoms with van der Waals surface area (Å²) >= 11 is 0. The van der Waals surface area contributed by atoms with Crippen molar-refractivity contribution in [2.75, 3.05) is 11.9 Å². The molecule has 1 atom stereocenters. The highest BCUT2D eigenvalue weighted by Gasteiger charge is 2.34. The van der Waals surface area contributed by atoms with E-state index >= 15 is 0 Å². The summed E-state index contributed by atoms with van der Waals surface area (Å²) in [5.74, 6) is 0.178. The second-order valence-electron chi connectivity index (χ2n) is 5.53. The minimum atomic E-state index is -4.43. The summed E-state index contributed by atoms with van der Waals surface area (Å²) in [5.41, 5.74) is 0.162. The molecule has 0 aliphatic carbocycles. The normalized spacial score (nSPS) is 12.9. The molecular weight excluding hydrogens is 321 g/mol. The number of anilines is 1. The molecule has 130 valence electrons. The van der Waals surface area contributed by atoms with Gasteiger partial charge in [-0.05, 0) is 25.5 Å². The largest absolute Gasteiger partial charge is 0.416 e. The summed E-state index contributed by atoms with van der Waals surface area (Å²) in [5, 5.41) is 9.58. The van der Waals surface area contributed by atoms with Gasteiger partial charge >= 0.3 is 6.18 Å². The zero-order chi connectivity index (χ0) is 17.9. The molecule has 1 aromatic carbocycles. The maximum atomic E-state index is 13.0. The number of aryl methyl sites for hydroxylation is 2. The van der Waals surface area contributed by atoms with E-state index < -0.39 is 17.8 Å². The number of nitrogens with one attached hydrogen (secondary N) is 2. The van der Waals surface area contributed by atoms with Crippen molar-refractivity contribution < 1.29 is 18.0 Å². The third kappa shape index (κ3) is 4.35. The number of carbonyl (C=O) groups is 1. The Balaban J connectivity index is 2.00. The topological polar surface area (TPSA) is 59.0 Å². The van der Waals surface area contributed by atoms with Crippen molar-refractivity contribution in [3.63, 3.8) is 0 Å². The number of aromatic nitrogens is 2. The lowest BCUT2D eigenvalue weighted by Gasteiger charge is -2.19. The SMILES string of the molecule is Cc1cc(NC(=O)CNC(C)c2ccccc2C(F)(F)F)n(C)n1. The molecule has 1 amide bonds. The minimum absolute atomic E-state index is 0.106. The van der Waals surface area contributed by atoms with Crippen LogP contribution in [0.5, 0.6) is 0 Å². The number of hydrogen-bond acceptors (Lipinski definition) is 3. The fourth-order valence-electron chi connectivity index (χ4n) is 2.40. The van der Waals surface area contributed by atoms with Gasteiger partial charge in [-0.2, -0.15) is 18.3 Å². The Morgan fingerprint density at radius 2 is 2.00 bits per heavy atom. The lowest BCUT2D eigenvalue weighted by molar-refractivity contribution is -0.138. The lowest BCUT2D eigenvalue weighted by atomic mass is 10.0. The van der Waals surface area contributed by atoms with Crippen molar-refractivity contribution in [3.05, 3.63) is 47.2 Å². The van der Waals surface area contributed by atoms with Gasteiger partial charge < -0.3 is 10.6 Å². The molecule has 1 aromatic heterocycles. The molecule has 0 spiro atoms. The van der Waals surface area contributed by atoms with Crippen LogP contribution in [-0.4, -0.2) is 22.2 Å². The Kier molecular flexibility index (Phi) is 5.28. The zero-order valence-corrected chi connectivity index (χ0v) is 13.6. The van der Waals surface area contributed by atoms with Gasteiger partial charge in [0.25, 0.3) is 0 Å². The molecule has 2 aromatic rings. The molecule has 0 aliphatic heterocycles. The van der Waals surface area contributed by atoms with Gasteiger partial charge in [-0.1, -0.05) is 18.2 Å². The summed E-state index contributed by atoms with van der Waals surface area (Å²) in [6.45, 7) is 3.27. The molecule has 2 rings (SSSR count). The maximum Gasteiger partial charge on any atom is 0.416 e. The van der Waals surface area contributed by atoms with Gasteiger partial charge in [-0.3, -0.25) is 9.48 Å². The Morgan fingerprint density at radius 3 is 2.58 bits per heavy atom. The van der Waals surface area contributed by atoms with Crippen LogP contribution in [0.25, 0.3) is 0 Å². The van der Waals surface area contributed by atoms with E-state index in [2.05, 4.69) is 15.7 Å². The van der Waals surface area contributed by atoms with E-state index in [1.165, 1.54) is 16.8 Å². The first-order valence-corrected chi connectivity index (χ1v) is 7.38. The van der Waals surface area contributed by atoms with Gasteiger partial charge in [-0.15, -0.1) is 0 Å². The van der Waals surface area contributed by atoms with Crippen LogP contribution in [0, 0.1) is 6.92 Å². The van der Waals surface area contributed by atoms with Gasteiger partial charge in [0.15, 0.2) is 0 Å². The molecule has 0 bridgehead atoms. The van der Waals surface area contributed by atoms with Crippen LogP contribution >= 0.6 is 0 Å². The van der Waals surface area contributed by atoms with Crippen molar-refractivity contribution >= 4 is 11.7 Å². The van der Waals surface area contributed by atoms with Crippen molar-refractivity contribution in [3.8, 4) is 0 Å². The molecule has 2 N–H and O–H groups in total. The molecule has 8 heteroatoms. The van der Waals surface area contributed by atoms with Crippen LogP contribution < -0.4 is 10.6 Å². The quantitative estimate of drug-likeness (QED) is 0.880. The highest BCUT2D eigenvalue weighted by Crippen LogP contribution is 2.34. The van der Waals surface area contributed by atoms with Crippen LogP contribution in [0.15, 0.2) is 30.3 Å². The fourth-order valence-corrected chi connectivity index (χ4v) is 2.40. The number of amides is 1. The molecule has 0 saturated heterocycles. The molecular formula is C16H19F3N4O. The van der Waals surface area contributed by atoms with Gasteiger partial charge in [0.05, 0.1) is 17.8 Å². The summed E-state index contributed by atoms with van der Waals surface area (Å²) < 4.78 is 40.6. The Labute approximate surface area is 137 Å². The molecule has 1 heterocycles. The second kappa shape index (κ2) is 7.04. The minimum Gasteiger partial charge on any atom is -0.310 e. The van der Waals surface area contributed by atoms with Gasteiger partial charge in [0.1, 0.15) is 5.82 Å². The second-order valence-corrected chi connectivity index (χ2v) is 5.53. The first kappa shape index (κ1) is 18.0. The fraction of sp³-hybridized carbons (Fsp3) is 0.375. The maximum absolute atomic E-state index is 13.0. The Morgan fingerprint density at radius 1 is 1.33 bits per heavy atom. The number of carbonyl (C=O) groups excluding carboxylic acids is 1. The lowest BCUT2D eigenvalue weighted by Crippen LogP contribution is -2.31. The number of rotatable bonds is 5. The van der Waals surface area contributed by atoms with E-state index in [0.29, 0.717) is 5.82 Å². The highest BCUT2D eigenvalue weighted by atomic mass is 19.4. The van der Waals surface area contributed by atoms with Crippen LogP contribution in [0.2, 0.25) is 0 Å². The summed E-state index contributed by atoms with van der Waals surface area (Å²) in [6, 6.07) is 6.41. The molecule has 0 aliphatic rings. The van der Waals surface area contributed by atoms with Crippen LogP contribution in [-0.2, 0) is 18.0 Å². The smallest absolute Gasteiger partial charge is 0.310 e. The van der Waals surface area contributed by atoms with E-state index in [9.17, 15) is 18.0 Å². The standard InChI is InChI=1S/C16H19F3N4O/c1-10-8-14(23(3)22-10)21-15(24)9-20-11(2)12-6-4-5-7-13(12)16(17,18)19/h4-8,11,20H,9H2,1-3H3,(H,21,24). The number of halogens is 3. The van der Waals surface area contributed by atoms with Crippen LogP contribution in [0.1, 0.15) is 29.8 Å².